The van der Waals surface area contributed by atoms with E-state index in [-0.39, 0.29) is 11.1 Å². The summed E-state index contributed by atoms with van der Waals surface area (Å²) < 4.78 is 6.16. The highest BCUT2D eigenvalue weighted by atomic mass is 16.5. The lowest BCUT2D eigenvalue weighted by molar-refractivity contribution is -0.142. The first-order valence-electron chi connectivity index (χ1n) is 12.9. The van der Waals surface area contributed by atoms with Crippen molar-refractivity contribution in [1.82, 2.24) is 10.3 Å². The molecule has 0 saturated heterocycles. The minimum Gasteiger partial charge on any atom is -0.480 e. The Kier molecular flexibility index (Phi) is 8.31. The number of hydrogen-bond donors (Lipinski definition) is 2. The summed E-state index contributed by atoms with van der Waals surface area (Å²) in [5.41, 5.74) is 1.68. The number of benzene rings is 2. The largest absolute Gasteiger partial charge is 0.480 e. The van der Waals surface area contributed by atoms with Crippen LogP contribution in [0.15, 0.2) is 48.5 Å². The van der Waals surface area contributed by atoms with Gasteiger partial charge in [-0.15, -0.1) is 0 Å². The molecule has 0 bridgehead atoms. The van der Waals surface area contributed by atoms with E-state index in [9.17, 15) is 14.7 Å². The molecule has 3 aromatic rings. The van der Waals surface area contributed by atoms with Crippen LogP contribution < -0.4 is 10.1 Å². The van der Waals surface area contributed by atoms with E-state index < -0.39 is 23.3 Å². The van der Waals surface area contributed by atoms with E-state index in [1.165, 1.54) is 5.56 Å². The van der Waals surface area contributed by atoms with Gasteiger partial charge in [0.2, 0.25) is 0 Å². The average molecular weight is 505 g/mol. The van der Waals surface area contributed by atoms with Gasteiger partial charge in [-0.25, -0.2) is 9.78 Å². The molecule has 198 valence electrons. The Labute approximate surface area is 220 Å². The summed E-state index contributed by atoms with van der Waals surface area (Å²) in [6.45, 7) is 16.2. The van der Waals surface area contributed by atoms with Crippen LogP contribution in [0.3, 0.4) is 0 Å². The minimum atomic E-state index is -1.07. The second kappa shape index (κ2) is 10.9. The molecule has 3 rings (SSSR count). The predicted octanol–water partition coefficient (Wildman–Crippen LogP) is 7.14. The third kappa shape index (κ3) is 7.31. The summed E-state index contributed by atoms with van der Waals surface area (Å²) in [7, 11) is 0. The lowest BCUT2D eigenvalue weighted by atomic mass is 9.86. The third-order valence-corrected chi connectivity index (χ3v) is 6.42. The fraction of sp³-hybridized carbons (Fsp3) is 0.452. The molecule has 1 atom stereocenters. The van der Waals surface area contributed by atoms with Crippen LogP contribution in [0.25, 0.3) is 10.8 Å². The number of aliphatic carboxylic acids is 1. The van der Waals surface area contributed by atoms with E-state index in [2.05, 4.69) is 52.1 Å². The molecular formula is C31H40N2O4. The summed E-state index contributed by atoms with van der Waals surface area (Å²) in [6, 6.07) is 14.6. The number of aromatic nitrogens is 1. The van der Waals surface area contributed by atoms with Crippen molar-refractivity contribution in [1.29, 1.82) is 0 Å². The van der Waals surface area contributed by atoms with Gasteiger partial charge >= 0.3 is 5.97 Å². The topological polar surface area (TPSA) is 88.5 Å². The van der Waals surface area contributed by atoms with Crippen molar-refractivity contribution < 1.29 is 19.4 Å². The number of carboxylic acids is 1. The molecule has 6 heteroatoms. The van der Waals surface area contributed by atoms with Gasteiger partial charge in [-0.1, -0.05) is 73.6 Å². The standard InChI is InChI=1S/C31H40N2O4/c1-19(2)9-16-25-24-18-23(37-22-14-11-21(12-15-22)30(3,4)5)13-10-20(24)17-26(32-25)28(34)33-27(29(35)36)31(6,7)8/h10-15,17-19,27H,9,16H2,1-8H3,(H,33,34)(H,35,36)/t27-/m0/s1. The molecule has 0 fully saturated rings. The lowest BCUT2D eigenvalue weighted by Crippen LogP contribution is -2.49. The molecule has 1 heterocycles. The number of carbonyl (C=O) groups is 2. The van der Waals surface area contributed by atoms with Gasteiger partial charge in [-0.3, -0.25) is 4.79 Å². The number of carboxylic acid groups (broad SMARTS) is 1. The number of ether oxygens (including phenoxy) is 1. The zero-order valence-corrected chi connectivity index (χ0v) is 23.3. The number of pyridine rings is 1. The van der Waals surface area contributed by atoms with Crippen molar-refractivity contribution in [3.63, 3.8) is 0 Å². The second-order valence-corrected chi connectivity index (χ2v) is 12.3. The molecule has 0 unspecified atom stereocenters. The second-order valence-electron chi connectivity index (χ2n) is 12.3. The Bertz CT molecular complexity index is 1270. The quantitative estimate of drug-likeness (QED) is 0.340. The Morgan fingerprint density at radius 3 is 2.11 bits per heavy atom. The lowest BCUT2D eigenvalue weighted by Gasteiger charge is -2.27. The fourth-order valence-corrected chi connectivity index (χ4v) is 4.10. The van der Waals surface area contributed by atoms with Crippen LogP contribution in [-0.4, -0.2) is 28.0 Å². The first-order valence-corrected chi connectivity index (χ1v) is 12.9. The molecule has 0 saturated carbocycles. The number of amides is 1. The SMILES string of the molecule is CC(C)CCc1nc(C(=O)N[C@@H](C(=O)O)C(C)(C)C)cc2ccc(Oc3ccc(C(C)(C)C)cc3)cc12. The predicted molar refractivity (Wildman–Crippen MR) is 148 cm³/mol. The number of hydrogen-bond acceptors (Lipinski definition) is 4. The first-order chi connectivity index (χ1) is 17.1. The molecule has 6 nitrogen and oxygen atoms in total. The van der Waals surface area contributed by atoms with Crippen LogP contribution in [0.5, 0.6) is 11.5 Å². The number of nitrogens with one attached hydrogen (secondary N) is 1. The highest BCUT2D eigenvalue weighted by Crippen LogP contribution is 2.31. The van der Waals surface area contributed by atoms with Crippen LogP contribution in [0.2, 0.25) is 0 Å². The number of aryl methyl sites for hydroxylation is 1. The highest BCUT2D eigenvalue weighted by molar-refractivity contribution is 5.99. The smallest absolute Gasteiger partial charge is 0.326 e. The average Bonchev–Trinajstić information content (AvgIpc) is 2.79. The number of rotatable bonds is 8. The van der Waals surface area contributed by atoms with Gasteiger partial charge < -0.3 is 15.2 Å². The number of fused-ring (bicyclic) bond motifs is 1. The van der Waals surface area contributed by atoms with Crippen molar-refractivity contribution in [2.24, 2.45) is 11.3 Å². The van der Waals surface area contributed by atoms with E-state index >= 15 is 0 Å². The van der Waals surface area contributed by atoms with E-state index in [0.29, 0.717) is 18.1 Å². The molecule has 0 radical (unpaired) electrons. The molecule has 37 heavy (non-hydrogen) atoms. The normalized spacial score (nSPS) is 13.0. The van der Waals surface area contributed by atoms with Gasteiger partial charge in [0, 0.05) is 11.1 Å². The molecule has 1 aromatic heterocycles. The van der Waals surface area contributed by atoms with Crippen LogP contribution in [0.4, 0.5) is 0 Å². The van der Waals surface area contributed by atoms with Crippen molar-refractivity contribution >= 4 is 22.6 Å². The highest BCUT2D eigenvalue weighted by Gasteiger charge is 2.33. The molecule has 1 amide bonds. The van der Waals surface area contributed by atoms with Crippen LogP contribution in [0, 0.1) is 11.3 Å². The van der Waals surface area contributed by atoms with E-state index in [1.807, 2.05) is 30.3 Å². The summed E-state index contributed by atoms with van der Waals surface area (Å²) in [6.07, 6.45) is 1.60. The summed E-state index contributed by atoms with van der Waals surface area (Å²) >= 11 is 0. The maximum Gasteiger partial charge on any atom is 0.326 e. The summed E-state index contributed by atoms with van der Waals surface area (Å²) in [5.74, 6) is 0.349. The maximum atomic E-state index is 13.1. The van der Waals surface area contributed by atoms with Crippen molar-refractivity contribution in [2.75, 3.05) is 0 Å². The van der Waals surface area contributed by atoms with Gasteiger partial charge in [0.25, 0.3) is 5.91 Å². The molecule has 0 spiro atoms. The van der Waals surface area contributed by atoms with Gasteiger partial charge in [0.05, 0.1) is 0 Å². The van der Waals surface area contributed by atoms with Gasteiger partial charge in [-0.05, 0) is 70.9 Å². The molecule has 0 aliphatic rings. The van der Waals surface area contributed by atoms with Crippen molar-refractivity contribution in [2.45, 2.75) is 79.7 Å². The van der Waals surface area contributed by atoms with Gasteiger partial charge in [-0.2, -0.15) is 0 Å². The number of carbonyl (C=O) groups excluding carboxylic acids is 1. The van der Waals surface area contributed by atoms with E-state index in [0.717, 1.165) is 28.6 Å². The zero-order valence-electron chi connectivity index (χ0n) is 23.3. The molecule has 0 aliphatic carbocycles. The molecular weight excluding hydrogens is 464 g/mol. The minimum absolute atomic E-state index is 0.0693. The van der Waals surface area contributed by atoms with E-state index in [1.54, 1.807) is 26.8 Å². The Morgan fingerprint density at radius 1 is 0.946 bits per heavy atom. The van der Waals surface area contributed by atoms with Gasteiger partial charge in [0.1, 0.15) is 23.2 Å². The monoisotopic (exact) mass is 504 g/mol. The summed E-state index contributed by atoms with van der Waals surface area (Å²) in [4.78, 5) is 29.6. The number of nitrogens with zero attached hydrogens (tertiary/aromatic N) is 1. The fourth-order valence-electron chi connectivity index (χ4n) is 4.10. The zero-order chi connectivity index (χ0) is 27.5. The molecule has 2 aromatic carbocycles. The van der Waals surface area contributed by atoms with Crippen LogP contribution >= 0.6 is 0 Å². The van der Waals surface area contributed by atoms with Crippen LogP contribution in [0.1, 0.15) is 83.6 Å². The third-order valence-electron chi connectivity index (χ3n) is 6.42. The van der Waals surface area contributed by atoms with Crippen LogP contribution in [-0.2, 0) is 16.6 Å². The maximum absolute atomic E-state index is 13.1. The Hall–Kier alpha value is -3.41. The van der Waals surface area contributed by atoms with E-state index in [4.69, 9.17) is 9.72 Å². The first kappa shape index (κ1) is 28.2. The summed E-state index contributed by atoms with van der Waals surface area (Å²) in [5, 5.41) is 14.1. The van der Waals surface area contributed by atoms with Crippen molar-refractivity contribution in [3.05, 3.63) is 65.5 Å². The Morgan fingerprint density at radius 2 is 1.57 bits per heavy atom. The molecule has 0 aliphatic heterocycles. The van der Waals surface area contributed by atoms with Crippen molar-refractivity contribution in [3.8, 4) is 11.5 Å². The Balaban J connectivity index is 1.96. The molecule has 2 N–H and O–H groups in total. The van der Waals surface area contributed by atoms with Gasteiger partial charge in [0.15, 0.2) is 0 Å².